The summed E-state index contributed by atoms with van der Waals surface area (Å²) in [7, 11) is 0. The third kappa shape index (κ3) is 6.12. The van der Waals surface area contributed by atoms with Crippen molar-refractivity contribution in [3.05, 3.63) is 39.3 Å². The molecule has 0 aliphatic heterocycles. The van der Waals surface area contributed by atoms with Crippen LogP contribution in [0.4, 0.5) is 4.79 Å². The van der Waals surface area contributed by atoms with Crippen LogP contribution < -0.4 is 5.32 Å². The van der Waals surface area contributed by atoms with Crippen LogP contribution in [0.2, 0.25) is 5.02 Å². The van der Waals surface area contributed by atoms with Gasteiger partial charge in [0.05, 0.1) is 5.02 Å². The molecule has 0 aliphatic rings. The van der Waals surface area contributed by atoms with E-state index in [9.17, 15) is 4.79 Å². The van der Waals surface area contributed by atoms with E-state index in [4.69, 9.17) is 16.3 Å². The molecule has 0 aromatic heterocycles. The van der Waals surface area contributed by atoms with Crippen LogP contribution in [0.25, 0.3) is 6.08 Å². The van der Waals surface area contributed by atoms with Gasteiger partial charge in [-0.3, -0.25) is 0 Å². The summed E-state index contributed by atoms with van der Waals surface area (Å²) in [5.74, 6) is 0. The van der Waals surface area contributed by atoms with Crippen LogP contribution in [0, 0.1) is 0 Å². The molecule has 0 spiro atoms. The van der Waals surface area contributed by atoms with Gasteiger partial charge in [0.2, 0.25) is 0 Å². The quantitative estimate of drug-likeness (QED) is 0.866. The van der Waals surface area contributed by atoms with Gasteiger partial charge in [0.15, 0.2) is 0 Å². The first-order chi connectivity index (χ1) is 8.79. The zero-order valence-corrected chi connectivity index (χ0v) is 13.5. The van der Waals surface area contributed by atoms with Crippen LogP contribution >= 0.6 is 27.5 Å². The highest BCUT2D eigenvalue weighted by Gasteiger charge is 2.14. The van der Waals surface area contributed by atoms with Crippen molar-refractivity contribution in [3.63, 3.8) is 0 Å². The monoisotopic (exact) mass is 345 g/mol. The molecule has 0 saturated carbocycles. The van der Waals surface area contributed by atoms with Crippen molar-refractivity contribution in [2.75, 3.05) is 6.54 Å². The van der Waals surface area contributed by atoms with Gasteiger partial charge in [0, 0.05) is 11.0 Å². The number of hydrogen-bond acceptors (Lipinski definition) is 2. The molecule has 0 heterocycles. The van der Waals surface area contributed by atoms with E-state index in [1.165, 1.54) is 0 Å². The molecule has 0 atom stereocenters. The van der Waals surface area contributed by atoms with Gasteiger partial charge in [-0.1, -0.05) is 35.9 Å². The summed E-state index contributed by atoms with van der Waals surface area (Å²) >= 11 is 9.38. The maximum absolute atomic E-state index is 11.4. The molecule has 1 amide bonds. The summed E-state index contributed by atoms with van der Waals surface area (Å²) in [6.45, 7) is 5.87. The minimum atomic E-state index is -0.482. The molecule has 0 unspecified atom stereocenters. The molecule has 5 heteroatoms. The number of carbonyl (C=O) groups excluding carboxylic acids is 1. The first-order valence-corrected chi connectivity index (χ1v) is 7.04. The van der Waals surface area contributed by atoms with Crippen LogP contribution in [0.3, 0.4) is 0 Å². The van der Waals surface area contributed by atoms with Crippen molar-refractivity contribution in [3.8, 4) is 0 Å². The van der Waals surface area contributed by atoms with E-state index in [1.807, 2.05) is 51.1 Å². The van der Waals surface area contributed by atoms with E-state index in [0.717, 1.165) is 10.0 Å². The Morgan fingerprint density at radius 3 is 2.79 bits per heavy atom. The molecule has 1 aromatic carbocycles. The molecule has 0 radical (unpaired) electrons. The lowest BCUT2D eigenvalue weighted by molar-refractivity contribution is 0.0534. The fraction of sp³-hybridized carbons (Fsp3) is 0.357. The van der Waals surface area contributed by atoms with Crippen molar-refractivity contribution in [2.24, 2.45) is 0 Å². The van der Waals surface area contributed by atoms with E-state index < -0.39 is 11.7 Å². The van der Waals surface area contributed by atoms with Crippen molar-refractivity contribution < 1.29 is 9.53 Å². The van der Waals surface area contributed by atoms with Crippen molar-refractivity contribution in [2.45, 2.75) is 26.4 Å². The minimum Gasteiger partial charge on any atom is -0.444 e. The fourth-order valence-corrected chi connectivity index (χ4v) is 1.87. The predicted octanol–water partition coefficient (Wildman–Crippen LogP) is 4.64. The largest absolute Gasteiger partial charge is 0.444 e. The lowest BCUT2D eigenvalue weighted by atomic mass is 10.2. The normalized spacial score (nSPS) is 11.6. The molecule has 0 fully saturated rings. The van der Waals surface area contributed by atoms with Crippen LogP contribution in [-0.4, -0.2) is 18.2 Å². The number of benzene rings is 1. The summed E-state index contributed by atoms with van der Waals surface area (Å²) in [5, 5.41) is 3.30. The molecule has 1 N–H and O–H groups in total. The topological polar surface area (TPSA) is 38.3 Å². The first-order valence-electron chi connectivity index (χ1n) is 5.87. The Morgan fingerprint density at radius 1 is 1.47 bits per heavy atom. The Bertz CT molecular complexity index is 481. The SMILES string of the molecule is CC(C)(C)OC(=O)NCC=Cc1cccc(Cl)c1Br. The molecular formula is C14H17BrClNO2. The summed E-state index contributed by atoms with van der Waals surface area (Å²) in [6.07, 6.45) is 3.29. The van der Waals surface area contributed by atoms with Gasteiger partial charge in [0.25, 0.3) is 0 Å². The molecular weight excluding hydrogens is 330 g/mol. The lowest BCUT2D eigenvalue weighted by Gasteiger charge is -2.19. The summed E-state index contributed by atoms with van der Waals surface area (Å²) < 4.78 is 5.96. The highest BCUT2D eigenvalue weighted by atomic mass is 79.9. The minimum absolute atomic E-state index is 0.397. The third-order valence-electron chi connectivity index (χ3n) is 2.04. The molecule has 0 bridgehead atoms. The average molecular weight is 347 g/mol. The number of nitrogens with one attached hydrogen (secondary N) is 1. The van der Waals surface area contributed by atoms with Gasteiger partial charge in [-0.05, 0) is 48.3 Å². The van der Waals surface area contributed by atoms with Crippen molar-refractivity contribution >= 4 is 39.7 Å². The second-order valence-electron chi connectivity index (χ2n) is 4.93. The van der Waals surface area contributed by atoms with Crippen LogP contribution in [0.1, 0.15) is 26.3 Å². The van der Waals surface area contributed by atoms with E-state index in [1.54, 1.807) is 0 Å². The molecule has 3 nitrogen and oxygen atoms in total. The second kappa shape index (κ2) is 6.96. The van der Waals surface area contributed by atoms with E-state index in [2.05, 4.69) is 21.2 Å². The van der Waals surface area contributed by atoms with Crippen LogP contribution in [-0.2, 0) is 4.74 Å². The molecule has 1 aromatic rings. The number of ether oxygens (including phenoxy) is 1. The number of hydrogen-bond donors (Lipinski definition) is 1. The fourth-order valence-electron chi connectivity index (χ4n) is 1.29. The predicted molar refractivity (Wildman–Crippen MR) is 82.4 cm³/mol. The third-order valence-corrected chi connectivity index (χ3v) is 3.47. The Labute approximate surface area is 127 Å². The maximum Gasteiger partial charge on any atom is 0.407 e. The van der Waals surface area contributed by atoms with Crippen molar-refractivity contribution in [1.29, 1.82) is 0 Å². The lowest BCUT2D eigenvalue weighted by Crippen LogP contribution is -2.32. The number of halogens is 2. The Balaban J connectivity index is 2.47. The standard InChI is InChI=1S/C14H17BrClNO2/c1-14(2,3)19-13(18)17-9-5-7-10-6-4-8-11(16)12(10)15/h4-8H,9H2,1-3H3,(H,17,18). The van der Waals surface area contributed by atoms with E-state index in [-0.39, 0.29) is 0 Å². The first kappa shape index (κ1) is 16.1. The highest BCUT2D eigenvalue weighted by molar-refractivity contribution is 9.10. The Hall–Kier alpha value is -1.000. The number of alkyl carbamates (subject to hydrolysis) is 1. The zero-order valence-electron chi connectivity index (χ0n) is 11.2. The van der Waals surface area contributed by atoms with Gasteiger partial charge in [-0.2, -0.15) is 0 Å². The number of rotatable bonds is 3. The van der Waals surface area contributed by atoms with Gasteiger partial charge in [0.1, 0.15) is 5.60 Å². The van der Waals surface area contributed by atoms with Gasteiger partial charge >= 0.3 is 6.09 Å². The molecule has 1 rings (SSSR count). The smallest absolute Gasteiger partial charge is 0.407 e. The summed E-state index contributed by atoms with van der Waals surface area (Å²) in [5.41, 5.74) is 0.475. The molecule has 104 valence electrons. The van der Waals surface area contributed by atoms with Gasteiger partial charge in [-0.15, -0.1) is 0 Å². The van der Waals surface area contributed by atoms with E-state index >= 15 is 0 Å². The molecule has 0 saturated heterocycles. The van der Waals surface area contributed by atoms with Crippen LogP contribution in [0.5, 0.6) is 0 Å². The molecule has 0 aliphatic carbocycles. The van der Waals surface area contributed by atoms with Gasteiger partial charge in [-0.25, -0.2) is 4.79 Å². The Morgan fingerprint density at radius 2 is 2.16 bits per heavy atom. The highest BCUT2D eigenvalue weighted by Crippen LogP contribution is 2.26. The molecule has 19 heavy (non-hydrogen) atoms. The second-order valence-corrected chi connectivity index (χ2v) is 6.13. The van der Waals surface area contributed by atoms with E-state index in [0.29, 0.717) is 11.6 Å². The van der Waals surface area contributed by atoms with Crippen LogP contribution in [0.15, 0.2) is 28.7 Å². The van der Waals surface area contributed by atoms with Gasteiger partial charge < -0.3 is 10.1 Å². The Kier molecular flexibility index (Phi) is 5.88. The van der Waals surface area contributed by atoms with Crippen molar-refractivity contribution in [1.82, 2.24) is 5.32 Å². The average Bonchev–Trinajstić information content (AvgIpc) is 2.27. The number of carbonyl (C=O) groups is 1. The number of amides is 1. The maximum atomic E-state index is 11.4. The summed E-state index contributed by atoms with van der Waals surface area (Å²) in [4.78, 5) is 11.4. The summed E-state index contributed by atoms with van der Waals surface area (Å²) in [6, 6.07) is 5.61. The zero-order chi connectivity index (χ0) is 14.5.